The molecule has 2 rings (SSSR count). The van der Waals surface area contributed by atoms with Crippen molar-refractivity contribution < 1.29 is 0 Å². The molecule has 0 saturated carbocycles. The van der Waals surface area contributed by atoms with Gasteiger partial charge >= 0.3 is 0 Å². The fourth-order valence-corrected chi connectivity index (χ4v) is 1.43. The molecule has 16 heavy (non-hydrogen) atoms. The quantitative estimate of drug-likeness (QED) is 0.830. The molecule has 5 heteroatoms. The summed E-state index contributed by atoms with van der Waals surface area (Å²) in [4.78, 5) is 8.36. The minimum Gasteiger partial charge on any atom is -0.368 e. The van der Waals surface area contributed by atoms with Gasteiger partial charge in [-0.25, -0.2) is 9.67 Å². The topological polar surface area (TPSA) is 69.6 Å². The number of aryl methyl sites for hydroxylation is 1. The number of hydrogen-bond acceptors (Lipinski definition) is 4. The van der Waals surface area contributed by atoms with E-state index in [0.29, 0.717) is 11.7 Å². The van der Waals surface area contributed by atoms with Gasteiger partial charge in [0.05, 0.1) is 11.4 Å². The van der Waals surface area contributed by atoms with Crippen LogP contribution in [0.5, 0.6) is 0 Å². The average Bonchev–Trinajstić information content (AvgIpc) is 2.64. The van der Waals surface area contributed by atoms with E-state index < -0.39 is 0 Å². The number of nitrogens with two attached hydrogens (primary N) is 1. The van der Waals surface area contributed by atoms with Crippen LogP contribution in [0.3, 0.4) is 0 Å². The first-order valence-corrected chi connectivity index (χ1v) is 5.23. The maximum Gasteiger partial charge on any atom is 0.222 e. The number of aromatic nitrogens is 4. The van der Waals surface area contributed by atoms with Crippen molar-refractivity contribution in [2.24, 2.45) is 0 Å². The maximum absolute atomic E-state index is 5.68. The maximum atomic E-state index is 5.68. The predicted molar refractivity (Wildman–Crippen MR) is 62.4 cm³/mol. The Hall–Kier alpha value is -1.91. The largest absolute Gasteiger partial charge is 0.368 e. The number of rotatable bonds is 2. The molecule has 0 amide bonds. The highest BCUT2D eigenvalue weighted by Crippen LogP contribution is 2.15. The fourth-order valence-electron chi connectivity index (χ4n) is 1.43. The van der Waals surface area contributed by atoms with Gasteiger partial charge in [0.1, 0.15) is 0 Å². The first-order valence-electron chi connectivity index (χ1n) is 5.23. The highest BCUT2D eigenvalue weighted by molar-refractivity contribution is 5.32. The molecular weight excluding hydrogens is 202 g/mol. The Morgan fingerprint density at radius 3 is 2.62 bits per heavy atom. The summed E-state index contributed by atoms with van der Waals surface area (Å²) in [5.74, 6) is 1.32. The third kappa shape index (κ3) is 2.03. The molecule has 0 aliphatic carbocycles. The van der Waals surface area contributed by atoms with Gasteiger partial charge in [-0.2, -0.15) is 10.1 Å². The van der Waals surface area contributed by atoms with Crippen LogP contribution in [0.4, 0.5) is 5.95 Å². The minimum absolute atomic E-state index is 0.286. The van der Waals surface area contributed by atoms with Gasteiger partial charge in [0, 0.05) is 12.3 Å². The summed E-state index contributed by atoms with van der Waals surface area (Å²) in [7, 11) is 0. The van der Waals surface area contributed by atoms with Crippen molar-refractivity contribution in [2.75, 3.05) is 5.73 Å². The van der Waals surface area contributed by atoms with Crippen molar-refractivity contribution in [3.8, 4) is 5.82 Å². The molecule has 5 nitrogen and oxygen atoms in total. The molecule has 0 radical (unpaired) electrons. The summed E-state index contributed by atoms with van der Waals surface area (Å²) in [5.41, 5.74) is 7.55. The van der Waals surface area contributed by atoms with Crippen LogP contribution >= 0.6 is 0 Å². The molecule has 2 aromatic heterocycles. The van der Waals surface area contributed by atoms with Crippen LogP contribution in [0.15, 0.2) is 18.3 Å². The number of nitrogen functional groups attached to an aromatic ring is 1. The lowest BCUT2D eigenvalue weighted by Gasteiger charge is -2.07. The normalized spacial score (nSPS) is 11.0. The van der Waals surface area contributed by atoms with Gasteiger partial charge in [-0.3, -0.25) is 0 Å². The third-order valence-corrected chi connectivity index (χ3v) is 2.30. The minimum atomic E-state index is 0.286. The van der Waals surface area contributed by atoms with Crippen LogP contribution in [-0.2, 0) is 0 Å². The SMILES string of the molecule is Cc1ccn(-c2cc(C(C)C)nc(N)n2)n1. The van der Waals surface area contributed by atoms with E-state index in [1.165, 1.54) is 0 Å². The predicted octanol–water partition coefficient (Wildman–Crippen LogP) is 1.68. The lowest BCUT2D eigenvalue weighted by Crippen LogP contribution is -2.06. The van der Waals surface area contributed by atoms with E-state index in [4.69, 9.17) is 5.73 Å². The van der Waals surface area contributed by atoms with Crippen LogP contribution in [0.2, 0.25) is 0 Å². The molecule has 0 unspecified atom stereocenters. The summed E-state index contributed by atoms with van der Waals surface area (Å²) in [6, 6.07) is 3.83. The monoisotopic (exact) mass is 217 g/mol. The Balaban J connectivity index is 2.49. The second-order valence-corrected chi connectivity index (χ2v) is 4.07. The standard InChI is InChI=1S/C11H15N5/c1-7(2)9-6-10(14-11(12)13-9)16-5-4-8(3)15-16/h4-7H,1-3H3,(H2,12,13,14). The van der Waals surface area contributed by atoms with Crippen LogP contribution < -0.4 is 5.73 Å². The van der Waals surface area contributed by atoms with Crippen molar-refractivity contribution >= 4 is 5.95 Å². The third-order valence-electron chi connectivity index (χ3n) is 2.30. The molecule has 2 N–H and O–H groups in total. The molecule has 0 bridgehead atoms. The van der Waals surface area contributed by atoms with Gasteiger partial charge in [-0.15, -0.1) is 0 Å². The van der Waals surface area contributed by atoms with Gasteiger partial charge in [-0.1, -0.05) is 13.8 Å². The Morgan fingerprint density at radius 2 is 2.06 bits per heavy atom. The Bertz CT molecular complexity index is 501. The van der Waals surface area contributed by atoms with Crippen LogP contribution in [0.1, 0.15) is 31.2 Å². The van der Waals surface area contributed by atoms with Gasteiger partial charge in [0.25, 0.3) is 0 Å². The van der Waals surface area contributed by atoms with E-state index in [0.717, 1.165) is 11.4 Å². The molecule has 0 aliphatic heterocycles. The average molecular weight is 217 g/mol. The molecular formula is C11H15N5. The van der Waals surface area contributed by atoms with E-state index in [9.17, 15) is 0 Å². The van der Waals surface area contributed by atoms with Crippen molar-refractivity contribution in [1.82, 2.24) is 19.7 Å². The highest BCUT2D eigenvalue weighted by atomic mass is 15.3. The van der Waals surface area contributed by atoms with E-state index >= 15 is 0 Å². The van der Waals surface area contributed by atoms with Crippen molar-refractivity contribution in [2.45, 2.75) is 26.7 Å². The first-order chi connectivity index (χ1) is 7.56. The first kappa shape index (κ1) is 10.6. The highest BCUT2D eigenvalue weighted by Gasteiger charge is 2.07. The Labute approximate surface area is 94.3 Å². The molecule has 0 aromatic carbocycles. The van der Waals surface area contributed by atoms with Gasteiger partial charge in [-0.05, 0) is 18.9 Å². The zero-order valence-corrected chi connectivity index (χ0v) is 9.68. The lowest BCUT2D eigenvalue weighted by molar-refractivity contribution is 0.784. The van der Waals surface area contributed by atoms with E-state index in [1.54, 1.807) is 4.68 Å². The second-order valence-electron chi connectivity index (χ2n) is 4.07. The zero-order chi connectivity index (χ0) is 11.7. The van der Waals surface area contributed by atoms with Crippen molar-refractivity contribution in [3.05, 3.63) is 29.7 Å². The number of anilines is 1. The van der Waals surface area contributed by atoms with Crippen molar-refractivity contribution in [3.63, 3.8) is 0 Å². The zero-order valence-electron chi connectivity index (χ0n) is 9.68. The lowest BCUT2D eigenvalue weighted by atomic mass is 10.1. The van der Waals surface area contributed by atoms with E-state index in [1.807, 2.05) is 25.3 Å². The summed E-state index contributed by atoms with van der Waals surface area (Å²) in [5, 5.41) is 4.29. The van der Waals surface area contributed by atoms with Crippen LogP contribution in [0.25, 0.3) is 5.82 Å². The molecule has 0 fully saturated rings. The fraction of sp³-hybridized carbons (Fsp3) is 0.364. The molecule has 0 aliphatic rings. The van der Waals surface area contributed by atoms with E-state index in [-0.39, 0.29) is 5.95 Å². The Morgan fingerprint density at radius 1 is 1.31 bits per heavy atom. The summed E-state index contributed by atoms with van der Waals surface area (Å²) < 4.78 is 1.71. The molecule has 2 aromatic rings. The summed E-state index contributed by atoms with van der Waals surface area (Å²) in [6.07, 6.45) is 1.86. The Kier molecular flexibility index (Phi) is 2.60. The molecule has 2 heterocycles. The number of nitrogens with zero attached hydrogens (tertiary/aromatic N) is 4. The van der Waals surface area contributed by atoms with Crippen molar-refractivity contribution in [1.29, 1.82) is 0 Å². The summed E-state index contributed by atoms with van der Waals surface area (Å²) in [6.45, 7) is 6.07. The van der Waals surface area contributed by atoms with Crippen LogP contribution in [-0.4, -0.2) is 19.7 Å². The van der Waals surface area contributed by atoms with E-state index in [2.05, 4.69) is 28.9 Å². The molecule has 84 valence electrons. The second kappa shape index (κ2) is 3.92. The molecule has 0 spiro atoms. The van der Waals surface area contributed by atoms with Gasteiger partial charge < -0.3 is 5.73 Å². The summed E-state index contributed by atoms with van der Waals surface area (Å²) >= 11 is 0. The smallest absolute Gasteiger partial charge is 0.222 e. The van der Waals surface area contributed by atoms with Gasteiger partial charge in [0.2, 0.25) is 5.95 Å². The van der Waals surface area contributed by atoms with Gasteiger partial charge in [0.15, 0.2) is 5.82 Å². The molecule has 0 saturated heterocycles. The molecule has 0 atom stereocenters. The van der Waals surface area contributed by atoms with Crippen LogP contribution in [0, 0.1) is 6.92 Å². The number of hydrogen-bond donors (Lipinski definition) is 1.